The van der Waals surface area contributed by atoms with Crippen LogP contribution in [0.1, 0.15) is 44.4 Å². The second kappa shape index (κ2) is 8.05. The van der Waals surface area contributed by atoms with Crippen molar-refractivity contribution >= 4 is 33.1 Å². The van der Waals surface area contributed by atoms with Crippen molar-refractivity contribution < 1.29 is 12.8 Å². The first kappa shape index (κ1) is 21.7. The zero-order valence-corrected chi connectivity index (χ0v) is 18.3. The van der Waals surface area contributed by atoms with Gasteiger partial charge in [0.15, 0.2) is 0 Å². The molecule has 0 amide bonds. The van der Waals surface area contributed by atoms with Crippen molar-refractivity contribution in [3.05, 3.63) is 22.5 Å². The van der Waals surface area contributed by atoms with Gasteiger partial charge in [-0.15, -0.1) is 5.10 Å². The zero-order valence-electron chi connectivity index (χ0n) is 16.7. The first-order chi connectivity index (χ1) is 13.5. The average molecular weight is 443 g/mol. The van der Waals surface area contributed by atoms with Crippen molar-refractivity contribution in [2.75, 3.05) is 24.7 Å². The number of nitriles is 1. The van der Waals surface area contributed by atoms with E-state index in [1.54, 1.807) is 4.52 Å². The first-order valence-corrected chi connectivity index (χ1v) is 11.6. The summed E-state index contributed by atoms with van der Waals surface area (Å²) in [5.74, 6) is 0.462. The van der Waals surface area contributed by atoms with Crippen LogP contribution in [0.5, 0.6) is 0 Å². The third-order valence-electron chi connectivity index (χ3n) is 5.49. The molecule has 11 heteroatoms. The van der Waals surface area contributed by atoms with Gasteiger partial charge >= 0.3 is 0 Å². The number of piperidine rings is 1. The fraction of sp³-hybridized carbons (Fsp3) is 0.611. The highest BCUT2D eigenvalue weighted by molar-refractivity contribution is 7.88. The number of halogens is 2. The number of hydrogen-bond donors (Lipinski definition) is 1. The van der Waals surface area contributed by atoms with Gasteiger partial charge in [-0.2, -0.15) is 9.57 Å². The van der Waals surface area contributed by atoms with Gasteiger partial charge in [0.2, 0.25) is 16.0 Å². The molecule has 8 nitrogen and oxygen atoms in total. The summed E-state index contributed by atoms with van der Waals surface area (Å²) in [5, 5.41) is 17.3. The molecule has 1 saturated heterocycles. The minimum Gasteiger partial charge on any atom is -0.347 e. The van der Waals surface area contributed by atoms with Gasteiger partial charge < -0.3 is 5.32 Å². The highest BCUT2D eigenvalue weighted by Gasteiger charge is 2.34. The molecule has 3 rings (SSSR count). The summed E-state index contributed by atoms with van der Waals surface area (Å²) in [6.07, 6.45) is 1.48. The molecule has 3 heterocycles. The largest absolute Gasteiger partial charge is 0.347 e. The predicted octanol–water partition coefficient (Wildman–Crippen LogP) is 2.80. The number of rotatable bonds is 5. The fourth-order valence-electron chi connectivity index (χ4n) is 3.45. The van der Waals surface area contributed by atoms with Crippen molar-refractivity contribution in [2.24, 2.45) is 5.92 Å². The van der Waals surface area contributed by atoms with Gasteiger partial charge in [0, 0.05) is 19.0 Å². The maximum Gasteiger partial charge on any atom is 0.241 e. The Morgan fingerprint density at radius 2 is 2.10 bits per heavy atom. The van der Waals surface area contributed by atoms with E-state index in [9.17, 15) is 18.1 Å². The van der Waals surface area contributed by atoms with E-state index in [1.165, 1.54) is 6.20 Å². The van der Waals surface area contributed by atoms with E-state index in [2.05, 4.69) is 21.5 Å². The van der Waals surface area contributed by atoms with Crippen molar-refractivity contribution in [3.8, 4) is 6.07 Å². The van der Waals surface area contributed by atoms with Crippen LogP contribution in [-0.4, -0.2) is 58.9 Å². The van der Waals surface area contributed by atoms with Crippen LogP contribution >= 0.6 is 11.6 Å². The molecule has 1 fully saturated rings. The summed E-state index contributed by atoms with van der Waals surface area (Å²) in [6, 6.07) is 1.54. The summed E-state index contributed by atoms with van der Waals surface area (Å²) >= 11 is 6.37. The zero-order chi connectivity index (χ0) is 21.5. The van der Waals surface area contributed by atoms with Gasteiger partial charge in [0.1, 0.15) is 17.8 Å². The highest BCUT2D eigenvalue weighted by Crippen LogP contribution is 2.35. The molecule has 1 aliphatic rings. The van der Waals surface area contributed by atoms with Crippen LogP contribution in [0.25, 0.3) is 5.52 Å². The molecule has 3 unspecified atom stereocenters. The van der Waals surface area contributed by atoms with E-state index in [1.807, 2.05) is 20.8 Å². The maximum atomic E-state index is 14.6. The van der Waals surface area contributed by atoms with E-state index < -0.39 is 22.2 Å². The average Bonchev–Trinajstić information content (AvgIpc) is 2.93. The van der Waals surface area contributed by atoms with E-state index in [4.69, 9.17) is 11.6 Å². The molecule has 0 saturated carbocycles. The molecule has 0 radical (unpaired) electrons. The minimum absolute atomic E-state index is 0.0133. The molecule has 0 aliphatic carbocycles. The Balaban J connectivity index is 1.92. The Hall–Kier alpha value is -1.96. The number of hydrogen-bond acceptors (Lipinski definition) is 6. The van der Waals surface area contributed by atoms with Crippen molar-refractivity contribution in [3.63, 3.8) is 0 Å². The monoisotopic (exact) mass is 442 g/mol. The van der Waals surface area contributed by atoms with Crippen LogP contribution in [0.2, 0.25) is 5.02 Å². The van der Waals surface area contributed by atoms with Gasteiger partial charge in [-0.25, -0.2) is 22.3 Å². The van der Waals surface area contributed by atoms with Crippen LogP contribution < -0.4 is 5.32 Å². The van der Waals surface area contributed by atoms with Gasteiger partial charge in [-0.05, 0) is 12.3 Å². The molecule has 2 aromatic heterocycles. The standard InChI is InChI=1S/C18H24ClFN6O2S/c1-10(2)11(3)17-12(7-21)16(19)15-8-22-18(24-26(15)17)23-14-5-6-25(9-13(14)20)29(4,27)28/h8,10-11,13-14H,5-6,9H2,1-4H3,(H,23,24). The van der Waals surface area contributed by atoms with Crippen LogP contribution in [-0.2, 0) is 10.0 Å². The third-order valence-corrected chi connectivity index (χ3v) is 7.14. The van der Waals surface area contributed by atoms with E-state index in [-0.39, 0.29) is 30.9 Å². The first-order valence-electron chi connectivity index (χ1n) is 9.37. The van der Waals surface area contributed by atoms with E-state index in [0.29, 0.717) is 28.2 Å². The normalized spacial score (nSPS) is 22.0. The van der Waals surface area contributed by atoms with Crippen LogP contribution in [0, 0.1) is 17.2 Å². The number of anilines is 1. The number of sulfonamides is 1. The molecule has 0 aromatic carbocycles. The molecule has 158 valence electrons. The predicted molar refractivity (Wildman–Crippen MR) is 109 cm³/mol. The molecule has 0 bridgehead atoms. The Bertz CT molecular complexity index is 1060. The van der Waals surface area contributed by atoms with Crippen molar-refractivity contribution in [1.29, 1.82) is 5.26 Å². The highest BCUT2D eigenvalue weighted by atomic mass is 35.5. The lowest BCUT2D eigenvalue weighted by Gasteiger charge is -2.33. The molecule has 3 atom stereocenters. The lowest BCUT2D eigenvalue weighted by Crippen LogP contribution is -2.49. The van der Waals surface area contributed by atoms with Gasteiger partial charge in [-0.3, -0.25) is 0 Å². The number of fused-ring (bicyclic) bond motifs is 1. The Morgan fingerprint density at radius 1 is 1.41 bits per heavy atom. The molecule has 1 N–H and O–H groups in total. The molecule has 0 spiro atoms. The van der Waals surface area contributed by atoms with E-state index in [0.717, 1.165) is 10.6 Å². The summed E-state index contributed by atoms with van der Waals surface area (Å²) in [4.78, 5) is 4.22. The van der Waals surface area contributed by atoms with Gasteiger partial charge in [0.25, 0.3) is 0 Å². The fourth-order valence-corrected chi connectivity index (χ4v) is 4.56. The molecular formula is C18H24ClFN6O2S. The Kier molecular flexibility index (Phi) is 6.03. The van der Waals surface area contributed by atoms with Crippen molar-refractivity contribution in [2.45, 2.75) is 45.3 Å². The van der Waals surface area contributed by atoms with Crippen LogP contribution in [0.15, 0.2) is 6.20 Å². The Morgan fingerprint density at radius 3 is 2.66 bits per heavy atom. The SMILES string of the molecule is CC(C)C(C)c1c(C#N)c(Cl)c2cnc(NC3CCN(S(C)(=O)=O)CC3F)nn12. The minimum atomic E-state index is -3.43. The smallest absolute Gasteiger partial charge is 0.241 e. The second-order valence-electron chi connectivity index (χ2n) is 7.77. The lowest BCUT2D eigenvalue weighted by atomic mass is 9.93. The molecule has 29 heavy (non-hydrogen) atoms. The summed E-state index contributed by atoms with van der Waals surface area (Å²) in [6.45, 7) is 6.10. The van der Waals surface area contributed by atoms with E-state index >= 15 is 0 Å². The number of nitrogens with one attached hydrogen (secondary N) is 1. The molecule has 1 aliphatic heterocycles. The lowest BCUT2D eigenvalue weighted by molar-refractivity contribution is 0.186. The molecule has 2 aromatic rings. The van der Waals surface area contributed by atoms with Gasteiger partial charge in [0.05, 0.1) is 34.8 Å². The number of alkyl halides is 1. The van der Waals surface area contributed by atoms with Gasteiger partial charge in [-0.1, -0.05) is 32.4 Å². The Labute approximate surface area is 174 Å². The topological polar surface area (TPSA) is 103 Å². The van der Waals surface area contributed by atoms with Crippen LogP contribution in [0.3, 0.4) is 0 Å². The number of aromatic nitrogens is 3. The van der Waals surface area contributed by atoms with Crippen LogP contribution in [0.4, 0.5) is 10.3 Å². The number of nitrogens with zero attached hydrogens (tertiary/aromatic N) is 5. The second-order valence-corrected chi connectivity index (χ2v) is 10.1. The molecular weight excluding hydrogens is 419 g/mol. The maximum absolute atomic E-state index is 14.6. The van der Waals surface area contributed by atoms with Crippen molar-refractivity contribution in [1.82, 2.24) is 18.9 Å². The quantitative estimate of drug-likeness (QED) is 0.763. The summed E-state index contributed by atoms with van der Waals surface area (Å²) in [5.41, 5.74) is 1.57. The summed E-state index contributed by atoms with van der Waals surface area (Å²) < 4.78 is 40.6. The third kappa shape index (κ3) is 4.17. The summed E-state index contributed by atoms with van der Waals surface area (Å²) in [7, 11) is -3.43.